The number of hydrogen-bond donors (Lipinski definition) is 6. The lowest BCUT2D eigenvalue weighted by atomic mass is 9.85. The third-order valence-corrected chi connectivity index (χ3v) is 12.0. The van der Waals surface area contributed by atoms with Gasteiger partial charge in [0.05, 0.1) is 6.61 Å². The molecule has 0 aromatic heterocycles. The summed E-state index contributed by atoms with van der Waals surface area (Å²) >= 11 is 0. The smallest absolute Gasteiger partial charge is 0.462 e. The number of ether oxygens (including phenoxy) is 2. The van der Waals surface area contributed by atoms with Crippen molar-refractivity contribution in [2.45, 2.75) is 224 Å². The Hall–Kier alpha value is -2.71. The number of carbonyl (C=O) groups is 2. The van der Waals surface area contributed by atoms with Gasteiger partial charge in [0, 0.05) is 12.8 Å². The minimum Gasteiger partial charge on any atom is -0.462 e. The van der Waals surface area contributed by atoms with Crippen molar-refractivity contribution in [1.82, 2.24) is 0 Å². The number of phosphoric ester groups is 1. The molecule has 14 heteroatoms. The van der Waals surface area contributed by atoms with E-state index >= 15 is 0 Å². The average Bonchev–Trinajstić information content (AvgIpc) is 3.29. The molecular weight excluding hydrogens is 852 g/mol. The van der Waals surface area contributed by atoms with Crippen LogP contribution in [0.15, 0.2) is 72.9 Å². The maximum absolute atomic E-state index is 12.8. The zero-order valence-electron chi connectivity index (χ0n) is 39.8. The maximum atomic E-state index is 12.8. The van der Waals surface area contributed by atoms with Crippen LogP contribution in [0, 0.1) is 0 Å². The number of aliphatic hydroxyl groups is 5. The number of hydrogen-bond acceptors (Lipinski definition) is 12. The van der Waals surface area contributed by atoms with Crippen molar-refractivity contribution >= 4 is 19.8 Å². The second kappa shape index (κ2) is 40.4. The first kappa shape index (κ1) is 60.3. The van der Waals surface area contributed by atoms with Crippen molar-refractivity contribution in [1.29, 1.82) is 0 Å². The molecule has 374 valence electrons. The summed E-state index contributed by atoms with van der Waals surface area (Å²) < 4.78 is 33.6. The van der Waals surface area contributed by atoms with Gasteiger partial charge in [-0.05, 0) is 83.5 Å². The predicted molar refractivity (Wildman–Crippen MR) is 258 cm³/mol. The van der Waals surface area contributed by atoms with Gasteiger partial charge in [-0.2, -0.15) is 0 Å². The average molecular weight is 939 g/mol. The first-order chi connectivity index (χ1) is 31.4. The molecule has 6 N–H and O–H groups in total. The zero-order chi connectivity index (χ0) is 47.8. The van der Waals surface area contributed by atoms with E-state index in [1.54, 1.807) is 0 Å². The quantitative estimate of drug-likeness (QED) is 0.0146. The van der Waals surface area contributed by atoms with Gasteiger partial charge >= 0.3 is 19.8 Å². The van der Waals surface area contributed by atoms with Crippen molar-refractivity contribution in [2.75, 3.05) is 13.2 Å². The summed E-state index contributed by atoms with van der Waals surface area (Å²) in [4.78, 5) is 35.8. The van der Waals surface area contributed by atoms with Crippen molar-refractivity contribution < 1.29 is 63.1 Å². The highest BCUT2D eigenvalue weighted by Gasteiger charge is 2.51. The van der Waals surface area contributed by atoms with Crippen LogP contribution < -0.4 is 0 Å². The highest BCUT2D eigenvalue weighted by molar-refractivity contribution is 7.47. The minimum atomic E-state index is -5.13. The molecule has 13 nitrogen and oxygen atoms in total. The van der Waals surface area contributed by atoms with Crippen LogP contribution in [0.1, 0.15) is 181 Å². The van der Waals surface area contributed by atoms with E-state index < -0.39 is 75.7 Å². The first-order valence-electron chi connectivity index (χ1n) is 24.7. The molecule has 1 rings (SSSR count). The number of aliphatic hydroxyl groups excluding tert-OH is 5. The SMILES string of the molecule is CC/C=C/C/C=C/C/C=C/C/C=C/C/C=C/CCCCCC(=O)OC[C@@H](COP(=O)(O)OC1C(O)C(O)C(O)[C@H](O)C1O)OC(=O)CCCCCCCCCCC/C=C/CCCCCC. The summed E-state index contributed by atoms with van der Waals surface area (Å²) in [6.07, 6.45) is 38.0. The molecule has 65 heavy (non-hydrogen) atoms. The molecular formula is C51H87O13P. The van der Waals surface area contributed by atoms with Gasteiger partial charge in [-0.15, -0.1) is 0 Å². The molecule has 0 aliphatic heterocycles. The standard InChI is InChI=1S/C51H87O13P/c1-3-5-7-9-11-13-15-17-19-21-22-24-25-27-29-31-33-35-37-39-44(52)61-41-43(42-62-65(59,60)64-51-49(57)47(55)46(54)48(56)50(51)58)63-45(53)40-38-36-34-32-30-28-26-23-20-18-16-14-12-10-8-6-4-2/h5,7,11,13-14,16-17,19,22,24,27,29,43,46-51,54-58H,3-4,6,8-10,12,15,18,20-21,23,25-26,28,30-42H2,1-2H3,(H,59,60)/b7-5+,13-11+,16-14+,19-17+,24-22+,29-27+/t43-,46?,47-,48?,49?,50?,51?/m0/s1. The molecule has 8 atom stereocenters. The molecule has 1 aliphatic carbocycles. The molecule has 6 unspecified atom stereocenters. The number of carbonyl (C=O) groups excluding carboxylic acids is 2. The lowest BCUT2D eigenvalue weighted by Gasteiger charge is -2.41. The monoisotopic (exact) mass is 939 g/mol. The van der Waals surface area contributed by atoms with Crippen LogP contribution >= 0.6 is 7.82 Å². The highest BCUT2D eigenvalue weighted by Crippen LogP contribution is 2.47. The largest absolute Gasteiger partial charge is 0.472 e. The molecule has 0 heterocycles. The number of allylic oxidation sites excluding steroid dienone is 12. The second-order valence-electron chi connectivity index (χ2n) is 16.9. The van der Waals surface area contributed by atoms with Crippen LogP contribution in [-0.2, 0) is 32.7 Å². The summed E-state index contributed by atoms with van der Waals surface area (Å²) in [5.74, 6) is -1.14. The number of esters is 2. The number of unbranched alkanes of at least 4 members (excludes halogenated alkanes) is 16. The fourth-order valence-electron chi connectivity index (χ4n) is 7.07. The molecule has 0 aromatic rings. The van der Waals surface area contributed by atoms with Gasteiger partial charge in [0.2, 0.25) is 0 Å². The van der Waals surface area contributed by atoms with E-state index in [4.69, 9.17) is 18.5 Å². The van der Waals surface area contributed by atoms with Crippen molar-refractivity contribution in [3.8, 4) is 0 Å². The van der Waals surface area contributed by atoms with E-state index in [0.29, 0.717) is 12.8 Å². The van der Waals surface area contributed by atoms with Gasteiger partial charge in [-0.3, -0.25) is 18.6 Å². The van der Waals surface area contributed by atoms with Crippen LogP contribution in [0.5, 0.6) is 0 Å². The summed E-state index contributed by atoms with van der Waals surface area (Å²) in [6.45, 7) is 3.15. The van der Waals surface area contributed by atoms with Crippen LogP contribution in [0.2, 0.25) is 0 Å². The Labute approximate surface area is 391 Å². The number of rotatable bonds is 40. The summed E-state index contributed by atoms with van der Waals surface area (Å²) in [6, 6.07) is 0. The van der Waals surface area contributed by atoms with Crippen LogP contribution in [0.25, 0.3) is 0 Å². The first-order valence-corrected chi connectivity index (χ1v) is 26.2. The molecule has 0 amide bonds. The molecule has 1 aliphatic rings. The Morgan fingerprint density at radius 1 is 0.492 bits per heavy atom. The summed E-state index contributed by atoms with van der Waals surface area (Å²) in [5.41, 5.74) is 0. The summed E-state index contributed by atoms with van der Waals surface area (Å²) in [7, 11) is -5.13. The van der Waals surface area contributed by atoms with Gasteiger partial charge in [0.25, 0.3) is 0 Å². The van der Waals surface area contributed by atoms with E-state index in [9.17, 15) is 44.6 Å². The fraction of sp³-hybridized carbons (Fsp3) is 0.725. The molecule has 1 saturated carbocycles. The topological polar surface area (TPSA) is 210 Å². The van der Waals surface area contributed by atoms with Crippen LogP contribution in [0.3, 0.4) is 0 Å². The van der Waals surface area contributed by atoms with Crippen molar-refractivity contribution in [2.24, 2.45) is 0 Å². The van der Waals surface area contributed by atoms with Crippen molar-refractivity contribution in [3.05, 3.63) is 72.9 Å². The van der Waals surface area contributed by atoms with Gasteiger partial charge in [0.15, 0.2) is 6.10 Å². The van der Waals surface area contributed by atoms with Crippen LogP contribution in [0.4, 0.5) is 0 Å². The highest BCUT2D eigenvalue weighted by atomic mass is 31.2. The minimum absolute atomic E-state index is 0.0836. The lowest BCUT2D eigenvalue weighted by molar-refractivity contribution is -0.220. The normalized spacial score (nSPS) is 22.0. The van der Waals surface area contributed by atoms with Crippen LogP contribution in [-0.4, -0.2) is 98.3 Å². The number of phosphoric acid groups is 1. The second-order valence-corrected chi connectivity index (χ2v) is 18.3. The Kier molecular flexibility index (Phi) is 37.5. The van der Waals surface area contributed by atoms with E-state index in [1.165, 1.54) is 57.8 Å². The molecule has 0 bridgehead atoms. The molecule has 1 fully saturated rings. The zero-order valence-corrected chi connectivity index (χ0v) is 40.7. The summed E-state index contributed by atoms with van der Waals surface area (Å²) in [5, 5.41) is 50.2. The van der Waals surface area contributed by atoms with Gasteiger partial charge in [-0.25, -0.2) is 4.57 Å². The van der Waals surface area contributed by atoms with Gasteiger partial charge in [0.1, 0.15) is 43.2 Å². The third kappa shape index (κ3) is 32.6. The van der Waals surface area contributed by atoms with E-state index in [1.807, 2.05) is 0 Å². The molecule has 0 radical (unpaired) electrons. The Balaban J connectivity index is 2.45. The van der Waals surface area contributed by atoms with E-state index in [-0.39, 0.29) is 12.8 Å². The van der Waals surface area contributed by atoms with E-state index in [0.717, 1.165) is 83.5 Å². The Morgan fingerprint density at radius 3 is 1.37 bits per heavy atom. The third-order valence-electron chi connectivity index (χ3n) is 11.0. The molecule has 0 saturated heterocycles. The maximum Gasteiger partial charge on any atom is 0.472 e. The van der Waals surface area contributed by atoms with Gasteiger partial charge in [-0.1, -0.05) is 157 Å². The fourth-order valence-corrected chi connectivity index (χ4v) is 8.05. The predicted octanol–water partition coefficient (Wildman–Crippen LogP) is 10.3. The van der Waals surface area contributed by atoms with Crippen molar-refractivity contribution in [3.63, 3.8) is 0 Å². The lowest BCUT2D eigenvalue weighted by Crippen LogP contribution is -2.64. The molecule has 0 aromatic carbocycles. The van der Waals surface area contributed by atoms with Gasteiger partial charge < -0.3 is 39.9 Å². The Morgan fingerprint density at radius 2 is 0.877 bits per heavy atom. The molecule has 0 spiro atoms. The van der Waals surface area contributed by atoms with E-state index in [2.05, 4.69) is 86.8 Å². The Bertz CT molecular complexity index is 1410.